The molecule has 33 heavy (non-hydrogen) atoms. The van der Waals surface area contributed by atoms with Gasteiger partial charge < -0.3 is 9.80 Å². The highest BCUT2D eigenvalue weighted by Gasteiger charge is 2.44. The van der Waals surface area contributed by atoms with Crippen molar-refractivity contribution in [2.24, 2.45) is 5.41 Å². The molecule has 1 fully saturated rings. The van der Waals surface area contributed by atoms with Crippen molar-refractivity contribution in [2.45, 2.75) is 26.2 Å². The molecule has 170 valence electrons. The number of nitrogens with zero attached hydrogens (tertiary/aromatic N) is 3. The maximum atomic E-state index is 13.4. The summed E-state index contributed by atoms with van der Waals surface area (Å²) in [5.74, 6) is 0.0160. The SMILES string of the molecule is Cc1ccc(-c2ccc(C[C@@]3(C(=O)N(C)C)CCCN(C(=O)c4cccnc4)C3)cc2)cc1. The van der Waals surface area contributed by atoms with E-state index in [1.807, 2.05) is 4.90 Å². The van der Waals surface area contributed by atoms with E-state index in [1.165, 1.54) is 11.1 Å². The minimum atomic E-state index is -0.634. The molecule has 0 unspecified atom stereocenters. The summed E-state index contributed by atoms with van der Waals surface area (Å²) >= 11 is 0. The van der Waals surface area contributed by atoms with Gasteiger partial charge in [-0.1, -0.05) is 54.1 Å². The van der Waals surface area contributed by atoms with Gasteiger partial charge in [0, 0.05) is 39.6 Å². The fourth-order valence-corrected chi connectivity index (χ4v) is 4.80. The lowest BCUT2D eigenvalue weighted by Crippen LogP contribution is -2.54. The van der Waals surface area contributed by atoms with Crippen molar-refractivity contribution in [3.63, 3.8) is 0 Å². The van der Waals surface area contributed by atoms with Gasteiger partial charge in [-0.05, 0) is 55.0 Å². The summed E-state index contributed by atoms with van der Waals surface area (Å²) in [5, 5.41) is 0. The van der Waals surface area contributed by atoms with Gasteiger partial charge >= 0.3 is 0 Å². The Morgan fingerprint density at radius 1 is 1.00 bits per heavy atom. The van der Waals surface area contributed by atoms with Crippen molar-refractivity contribution in [1.29, 1.82) is 0 Å². The normalized spacial score (nSPS) is 18.1. The van der Waals surface area contributed by atoms with Crippen LogP contribution < -0.4 is 0 Å². The molecule has 1 aliphatic heterocycles. The van der Waals surface area contributed by atoms with Crippen LogP contribution in [0.3, 0.4) is 0 Å². The first kappa shape index (κ1) is 22.7. The van der Waals surface area contributed by atoms with Crippen molar-refractivity contribution in [3.05, 3.63) is 89.7 Å². The van der Waals surface area contributed by atoms with E-state index in [4.69, 9.17) is 0 Å². The average molecular weight is 442 g/mol. The van der Waals surface area contributed by atoms with Crippen LogP contribution in [0.1, 0.15) is 34.3 Å². The lowest BCUT2D eigenvalue weighted by atomic mass is 9.73. The van der Waals surface area contributed by atoms with Gasteiger partial charge in [-0.25, -0.2) is 0 Å². The van der Waals surface area contributed by atoms with Gasteiger partial charge in [-0.3, -0.25) is 14.6 Å². The molecule has 2 amide bonds. The molecule has 5 heteroatoms. The molecule has 0 saturated carbocycles. The van der Waals surface area contributed by atoms with Crippen LogP contribution in [0.25, 0.3) is 11.1 Å². The molecule has 2 heterocycles. The predicted octanol–water partition coefficient (Wildman–Crippen LogP) is 4.61. The second-order valence-corrected chi connectivity index (χ2v) is 9.29. The summed E-state index contributed by atoms with van der Waals surface area (Å²) in [4.78, 5) is 34.1. The maximum absolute atomic E-state index is 13.4. The Bertz CT molecular complexity index is 1110. The van der Waals surface area contributed by atoms with E-state index < -0.39 is 5.41 Å². The summed E-state index contributed by atoms with van der Waals surface area (Å²) in [5.41, 5.74) is 4.61. The number of amides is 2. The van der Waals surface area contributed by atoms with Crippen LogP contribution in [-0.2, 0) is 11.2 Å². The number of carbonyl (C=O) groups excluding carboxylic acids is 2. The number of likely N-dealkylation sites (tertiary alicyclic amines) is 1. The molecular weight excluding hydrogens is 410 g/mol. The number of hydrogen-bond acceptors (Lipinski definition) is 3. The molecule has 0 N–H and O–H groups in total. The van der Waals surface area contributed by atoms with Crippen molar-refractivity contribution in [2.75, 3.05) is 27.2 Å². The van der Waals surface area contributed by atoms with E-state index in [2.05, 4.69) is 60.4 Å². The van der Waals surface area contributed by atoms with Crippen LogP contribution in [0, 0.1) is 12.3 Å². The number of aromatic nitrogens is 1. The second-order valence-electron chi connectivity index (χ2n) is 9.29. The second kappa shape index (κ2) is 9.57. The molecule has 1 atom stereocenters. The minimum absolute atomic E-state index is 0.0616. The van der Waals surface area contributed by atoms with Crippen LogP contribution in [0.15, 0.2) is 73.1 Å². The first-order valence-corrected chi connectivity index (χ1v) is 11.4. The largest absolute Gasteiger partial charge is 0.348 e. The first-order valence-electron chi connectivity index (χ1n) is 11.4. The number of rotatable bonds is 5. The molecule has 3 aromatic rings. The van der Waals surface area contributed by atoms with Gasteiger partial charge in [0.2, 0.25) is 5.91 Å². The maximum Gasteiger partial charge on any atom is 0.255 e. The van der Waals surface area contributed by atoms with Crippen molar-refractivity contribution < 1.29 is 9.59 Å². The summed E-state index contributed by atoms with van der Waals surface area (Å²) in [6.45, 7) is 3.15. The zero-order valence-electron chi connectivity index (χ0n) is 19.6. The Labute approximate surface area is 196 Å². The molecule has 0 spiro atoms. The van der Waals surface area contributed by atoms with Crippen LogP contribution in [0.2, 0.25) is 0 Å². The Kier molecular flexibility index (Phi) is 6.59. The quantitative estimate of drug-likeness (QED) is 0.581. The standard InChI is InChI=1S/C28H31N3O2/c1-21-7-11-23(12-8-21)24-13-9-22(10-14-24)18-28(27(33)30(2)3)15-5-17-31(20-28)26(32)25-6-4-16-29-19-25/h4,6-14,16,19H,5,15,17-18,20H2,1-3H3/t28-/m0/s1. The number of aryl methyl sites for hydroxylation is 1. The molecule has 1 saturated heterocycles. The molecule has 4 rings (SSSR count). The highest BCUT2D eigenvalue weighted by atomic mass is 16.2. The van der Waals surface area contributed by atoms with E-state index in [-0.39, 0.29) is 11.8 Å². The highest BCUT2D eigenvalue weighted by Crippen LogP contribution is 2.36. The van der Waals surface area contributed by atoms with E-state index >= 15 is 0 Å². The van der Waals surface area contributed by atoms with Gasteiger partial charge in [-0.2, -0.15) is 0 Å². The van der Waals surface area contributed by atoms with Crippen molar-refractivity contribution in [3.8, 4) is 11.1 Å². The summed E-state index contributed by atoms with van der Waals surface area (Å²) < 4.78 is 0. The van der Waals surface area contributed by atoms with E-state index in [9.17, 15) is 9.59 Å². The zero-order valence-corrected chi connectivity index (χ0v) is 19.6. The average Bonchev–Trinajstić information content (AvgIpc) is 2.85. The summed E-state index contributed by atoms with van der Waals surface area (Å²) in [6, 6.07) is 20.5. The van der Waals surface area contributed by atoms with E-state index in [0.29, 0.717) is 25.1 Å². The van der Waals surface area contributed by atoms with E-state index in [1.54, 1.807) is 43.5 Å². The van der Waals surface area contributed by atoms with Crippen molar-refractivity contribution in [1.82, 2.24) is 14.8 Å². The topological polar surface area (TPSA) is 53.5 Å². The number of benzene rings is 2. The molecule has 0 radical (unpaired) electrons. The lowest BCUT2D eigenvalue weighted by molar-refractivity contribution is -0.142. The highest BCUT2D eigenvalue weighted by molar-refractivity contribution is 5.94. The van der Waals surface area contributed by atoms with Crippen LogP contribution in [-0.4, -0.2) is 53.8 Å². The third-order valence-electron chi connectivity index (χ3n) is 6.51. The number of pyridine rings is 1. The molecular formula is C28H31N3O2. The number of carbonyl (C=O) groups is 2. The van der Waals surface area contributed by atoms with Crippen molar-refractivity contribution >= 4 is 11.8 Å². The van der Waals surface area contributed by atoms with Gasteiger partial charge in [0.15, 0.2) is 0 Å². The fourth-order valence-electron chi connectivity index (χ4n) is 4.80. The Morgan fingerprint density at radius 2 is 1.67 bits per heavy atom. The summed E-state index contributed by atoms with van der Waals surface area (Å²) in [7, 11) is 3.60. The van der Waals surface area contributed by atoms with Crippen LogP contribution in [0.4, 0.5) is 0 Å². The number of piperidine rings is 1. The Hall–Kier alpha value is -3.47. The molecule has 2 aromatic carbocycles. The molecule has 1 aromatic heterocycles. The van der Waals surface area contributed by atoms with Gasteiger partial charge in [0.1, 0.15) is 0 Å². The molecule has 5 nitrogen and oxygen atoms in total. The van der Waals surface area contributed by atoms with E-state index in [0.717, 1.165) is 24.0 Å². The minimum Gasteiger partial charge on any atom is -0.348 e. The third kappa shape index (κ3) is 4.98. The number of hydrogen-bond donors (Lipinski definition) is 0. The lowest BCUT2D eigenvalue weighted by Gasteiger charge is -2.43. The molecule has 0 aliphatic carbocycles. The van der Waals surface area contributed by atoms with Gasteiger partial charge in [0.25, 0.3) is 5.91 Å². The Morgan fingerprint density at radius 3 is 2.27 bits per heavy atom. The van der Waals surface area contributed by atoms with Crippen LogP contribution in [0.5, 0.6) is 0 Å². The van der Waals surface area contributed by atoms with Crippen LogP contribution >= 0.6 is 0 Å². The predicted molar refractivity (Wildman–Crippen MR) is 131 cm³/mol. The smallest absolute Gasteiger partial charge is 0.255 e. The molecule has 1 aliphatic rings. The van der Waals surface area contributed by atoms with Gasteiger partial charge in [-0.15, -0.1) is 0 Å². The third-order valence-corrected chi connectivity index (χ3v) is 6.51. The zero-order chi connectivity index (χ0) is 23.4. The Balaban J connectivity index is 1.58. The monoisotopic (exact) mass is 441 g/mol. The fraction of sp³-hybridized carbons (Fsp3) is 0.321. The van der Waals surface area contributed by atoms with Gasteiger partial charge in [0.05, 0.1) is 11.0 Å². The summed E-state index contributed by atoms with van der Waals surface area (Å²) in [6.07, 6.45) is 5.42. The first-order chi connectivity index (χ1) is 15.9. The molecule has 0 bridgehead atoms.